The van der Waals surface area contributed by atoms with Gasteiger partial charge in [-0.15, -0.1) is 0 Å². The second kappa shape index (κ2) is 21.7. The molecule has 12 atom stereocenters. The van der Waals surface area contributed by atoms with Crippen molar-refractivity contribution in [2.45, 2.75) is 225 Å². The van der Waals surface area contributed by atoms with Crippen LogP contribution in [0.15, 0.2) is 41.5 Å². The molecule has 2 bridgehead atoms. The van der Waals surface area contributed by atoms with Crippen LogP contribution in [0.2, 0.25) is 36.3 Å². The fourth-order valence-electron chi connectivity index (χ4n) is 13.1. The lowest BCUT2D eigenvalue weighted by Gasteiger charge is -2.68. The van der Waals surface area contributed by atoms with Crippen molar-refractivity contribution in [1.29, 1.82) is 0 Å². The monoisotopic (exact) mass is 1130 g/mol. The summed E-state index contributed by atoms with van der Waals surface area (Å²) in [5, 5.41) is 1.85. The van der Waals surface area contributed by atoms with Crippen LogP contribution in [0.5, 0.6) is 0 Å². The predicted octanol–water partition coefficient (Wildman–Crippen LogP) is 9.62. The fourth-order valence-corrected chi connectivity index (χ4v) is 19.0. The van der Waals surface area contributed by atoms with E-state index in [-0.39, 0.29) is 47.9 Å². The first kappa shape index (κ1) is 61.4. The van der Waals surface area contributed by atoms with Gasteiger partial charge in [-0.1, -0.05) is 73.6 Å². The van der Waals surface area contributed by atoms with E-state index in [9.17, 15) is 19.2 Å². The van der Waals surface area contributed by atoms with Crippen LogP contribution in [-0.4, -0.2) is 136 Å². The first-order valence-electron chi connectivity index (χ1n) is 26.7. The first-order chi connectivity index (χ1) is 35.6. The third-order valence-corrected chi connectivity index (χ3v) is 26.9. The lowest BCUT2D eigenvalue weighted by Crippen LogP contribution is -2.83. The smallest absolute Gasteiger partial charge is 0.454 e. The van der Waals surface area contributed by atoms with Gasteiger partial charge in [0.15, 0.2) is 64.1 Å². The van der Waals surface area contributed by atoms with Crippen LogP contribution < -0.4 is 5.32 Å². The molecule has 77 heavy (non-hydrogen) atoms. The number of hydrogen-bond donors (Lipinski definition) is 1. The summed E-state index contributed by atoms with van der Waals surface area (Å²) >= 11 is 0. The number of rotatable bonds is 18. The molecule has 0 unspecified atom stereocenters. The van der Waals surface area contributed by atoms with E-state index >= 15 is 27.6 Å². The third-order valence-electron chi connectivity index (χ3n) is 17.5. The number of carbonyl (C=O) groups excluding carboxylic acids is 7. The Hall–Kier alpha value is -4.85. The van der Waals surface area contributed by atoms with Crippen LogP contribution in [0.4, 0.5) is 22.8 Å². The Morgan fingerprint density at radius 3 is 1.87 bits per heavy atom. The van der Waals surface area contributed by atoms with Gasteiger partial charge in [0, 0.05) is 25.7 Å². The Bertz CT molecular complexity index is 2480. The van der Waals surface area contributed by atoms with Crippen molar-refractivity contribution in [2.75, 3.05) is 6.61 Å². The SMILES string of the molecule is CC[Si](CC)(CC)O[C@H]1C[C@H]2OC[C@@]2(OC(C)=O)[C@H]2[C@H](OC(=O)c3ccccc3)[C@]34OC(=O)O[C@H]3[C@H](OC(=O)[C@](C)(O[Si](CC)(CC)CC)[C@@H](NC(=O)OC(C)(C)C)C(F)(F)F)C(C)=C([C@@H](OC(C)=O)C(=O)[C@]12C)C4(C)C. The van der Waals surface area contributed by atoms with E-state index in [4.69, 9.17) is 46.7 Å². The van der Waals surface area contributed by atoms with E-state index in [2.05, 4.69) is 0 Å². The van der Waals surface area contributed by atoms with Gasteiger partial charge in [0.2, 0.25) is 5.60 Å². The highest BCUT2D eigenvalue weighted by molar-refractivity contribution is 6.74. The molecule has 1 spiro atoms. The number of halogens is 3. The molecule has 2 aliphatic heterocycles. The van der Waals surface area contributed by atoms with Crippen molar-refractivity contribution in [1.82, 2.24) is 5.32 Å². The fraction of sp³-hybridized carbons (Fsp3) is 0.722. The summed E-state index contributed by atoms with van der Waals surface area (Å²) in [6, 6.07) is 7.00. The molecule has 0 aromatic heterocycles. The van der Waals surface area contributed by atoms with Crippen molar-refractivity contribution in [2.24, 2.45) is 16.7 Å². The van der Waals surface area contributed by atoms with Crippen LogP contribution in [0.25, 0.3) is 0 Å². The maximum atomic E-state index is 16.7. The molecule has 0 radical (unpaired) electrons. The number of amides is 1. The van der Waals surface area contributed by atoms with Crippen molar-refractivity contribution >= 4 is 58.5 Å². The van der Waals surface area contributed by atoms with E-state index in [0.29, 0.717) is 18.1 Å². The van der Waals surface area contributed by atoms with Gasteiger partial charge in [0.05, 0.1) is 29.6 Å². The van der Waals surface area contributed by atoms with Crippen LogP contribution >= 0.6 is 0 Å². The van der Waals surface area contributed by atoms with Gasteiger partial charge in [-0.2, -0.15) is 13.2 Å². The zero-order valence-corrected chi connectivity index (χ0v) is 49.2. The molecule has 1 N–H and O–H groups in total. The number of esters is 4. The van der Waals surface area contributed by atoms with Crippen molar-refractivity contribution < 1.29 is 93.5 Å². The van der Waals surface area contributed by atoms with E-state index in [1.165, 1.54) is 53.7 Å². The topological polar surface area (TPSA) is 224 Å². The molecule has 2 saturated heterocycles. The number of fused-ring (bicyclic) bond motifs is 4. The van der Waals surface area contributed by atoms with Gasteiger partial charge < -0.3 is 52.1 Å². The van der Waals surface area contributed by atoms with Crippen LogP contribution in [0.1, 0.15) is 128 Å². The Morgan fingerprint density at radius 2 is 1.39 bits per heavy atom. The maximum Gasteiger partial charge on any atom is 0.509 e. The van der Waals surface area contributed by atoms with Gasteiger partial charge in [-0.05, 0) is 101 Å². The van der Waals surface area contributed by atoms with E-state index in [1.54, 1.807) is 45.9 Å². The molecule has 1 aromatic rings. The minimum absolute atomic E-state index is 0.0120. The van der Waals surface area contributed by atoms with E-state index < -0.39 is 147 Å². The second-order valence-electron chi connectivity index (χ2n) is 23.0. The summed E-state index contributed by atoms with van der Waals surface area (Å²) in [5.41, 5.74) is -13.0. The molecular weight excluding hydrogens is 1050 g/mol. The molecule has 5 aliphatic rings. The maximum absolute atomic E-state index is 16.7. The van der Waals surface area contributed by atoms with E-state index in [1.807, 2.05) is 26.1 Å². The molecule has 430 valence electrons. The molecule has 2 heterocycles. The number of alkyl halides is 3. The molecule has 6 rings (SSSR count). The standard InChI is InChI=1S/C54H78F3NO17Si2/c1-17-76(18-2,19-3)74-34-28-35-52(29-66-35,71-32(9)60)39-42(69-43(62)33-26-24-23-25-27-33)53-41(70-47(65)73-53)37(30(7)36(49(53,13)14)38(67-31(8)59)40(61)50(34,39)15)68-45(63)51(16,75-77(20-4,21-5)22-6)44(54(55,56)57)58-46(64)72-48(10,11)12/h23-27,34-35,37-39,41-42,44H,17-22,28-29H2,1-16H3,(H,58,64)/t34-,35+,37+,38+,39-,41-,42-,44+,50+,51+,52-,53+/m0/s1. The lowest BCUT2D eigenvalue weighted by molar-refractivity contribution is -0.344. The van der Waals surface area contributed by atoms with Crippen molar-refractivity contribution in [3.8, 4) is 0 Å². The quantitative estimate of drug-likeness (QED) is 0.0625. The molecule has 2 saturated carbocycles. The molecule has 1 amide bonds. The van der Waals surface area contributed by atoms with Gasteiger partial charge in [0.1, 0.15) is 11.7 Å². The highest BCUT2D eigenvalue weighted by atomic mass is 28.4. The highest BCUT2D eigenvalue weighted by Gasteiger charge is 2.84. The van der Waals surface area contributed by atoms with Crippen molar-refractivity contribution in [3.05, 3.63) is 47.0 Å². The number of alkyl carbamates (subject to hydrolysis) is 1. The number of carbonyl (C=O) groups is 7. The lowest BCUT2D eigenvalue weighted by atomic mass is 9.44. The number of nitrogens with one attached hydrogen (secondary N) is 1. The van der Waals surface area contributed by atoms with Crippen LogP contribution in [-0.2, 0) is 65.9 Å². The molecule has 23 heteroatoms. The minimum atomic E-state index is -5.42. The number of Topliss-reactive ketones (excluding diaryl/α,β-unsaturated/α-hetero) is 1. The summed E-state index contributed by atoms with van der Waals surface area (Å²) in [4.78, 5) is 102. The zero-order chi connectivity index (χ0) is 57.9. The summed E-state index contributed by atoms with van der Waals surface area (Å²) < 4.78 is 111. The molecule has 1 aromatic carbocycles. The van der Waals surface area contributed by atoms with E-state index in [0.717, 1.165) is 20.8 Å². The normalized spacial score (nSPS) is 30.9. The largest absolute Gasteiger partial charge is 0.509 e. The summed E-state index contributed by atoms with van der Waals surface area (Å²) in [5.74, 6) is -6.99. The Kier molecular flexibility index (Phi) is 17.3. The van der Waals surface area contributed by atoms with Gasteiger partial charge in [-0.3, -0.25) is 14.4 Å². The molecular formula is C54H78F3NO17Si2. The van der Waals surface area contributed by atoms with Crippen molar-refractivity contribution in [3.63, 3.8) is 0 Å². The molecule has 18 nitrogen and oxygen atoms in total. The van der Waals surface area contributed by atoms with Gasteiger partial charge >= 0.3 is 42.3 Å². The van der Waals surface area contributed by atoms with Gasteiger partial charge in [0.25, 0.3) is 0 Å². The highest BCUT2D eigenvalue weighted by Crippen LogP contribution is 2.67. The third kappa shape index (κ3) is 10.5. The molecule has 3 aliphatic carbocycles. The number of benzene rings is 1. The Balaban J connectivity index is 1.75. The average molecular weight is 1130 g/mol. The summed E-state index contributed by atoms with van der Waals surface area (Å²) in [6.45, 7) is 24.0. The zero-order valence-electron chi connectivity index (χ0n) is 47.2. The average Bonchev–Trinajstić information content (AvgIpc) is 3.71. The Labute approximate surface area is 451 Å². The predicted molar refractivity (Wildman–Crippen MR) is 275 cm³/mol. The number of ether oxygens (including phenoxy) is 8. The Morgan fingerprint density at radius 1 is 0.818 bits per heavy atom. The van der Waals surface area contributed by atoms with Gasteiger partial charge in [-0.25, -0.2) is 19.2 Å². The number of ketones is 1. The second-order valence-corrected chi connectivity index (χ2v) is 32.5. The van der Waals surface area contributed by atoms with Crippen LogP contribution in [0.3, 0.4) is 0 Å². The first-order valence-corrected chi connectivity index (χ1v) is 31.7. The van der Waals surface area contributed by atoms with Crippen LogP contribution in [0, 0.1) is 16.7 Å². The summed E-state index contributed by atoms with van der Waals surface area (Å²) in [6.07, 6.45) is -18.6. The molecule has 4 fully saturated rings. The minimum Gasteiger partial charge on any atom is -0.454 e. The summed E-state index contributed by atoms with van der Waals surface area (Å²) in [7, 11) is -6.16. The number of hydrogen-bond acceptors (Lipinski definition) is 17.